The Labute approximate surface area is 121 Å². The second-order valence-corrected chi connectivity index (χ2v) is 6.30. The van der Waals surface area contributed by atoms with Gasteiger partial charge in [0, 0.05) is 23.3 Å². The molecule has 0 spiro atoms. The van der Waals surface area contributed by atoms with Crippen molar-refractivity contribution in [2.75, 3.05) is 24.2 Å². The van der Waals surface area contributed by atoms with Crippen LogP contribution in [0.15, 0.2) is 35.2 Å². The van der Waals surface area contributed by atoms with E-state index in [1.54, 1.807) is 11.8 Å². The highest BCUT2D eigenvalue weighted by Gasteiger charge is 2.22. The lowest BCUT2D eigenvalue weighted by Crippen LogP contribution is -2.41. The summed E-state index contributed by atoms with van der Waals surface area (Å²) < 4.78 is 0. The van der Waals surface area contributed by atoms with Crippen molar-refractivity contribution in [2.24, 2.45) is 5.92 Å². The third-order valence-electron chi connectivity index (χ3n) is 3.20. The Balaban J connectivity index is 1.81. The number of alkyl halides is 1. The smallest absolute Gasteiger partial charge is 0.232 e. The standard InChI is InChI=1S/C14H18BrNOS/c15-9-12-5-4-8-16(10-12)14(17)11-18-13-6-2-1-3-7-13/h1-3,6-7,12H,4-5,8-11H2. The van der Waals surface area contributed by atoms with E-state index < -0.39 is 0 Å². The van der Waals surface area contributed by atoms with Crippen LogP contribution in [0, 0.1) is 5.92 Å². The Morgan fingerprint density at radius 1 is 1.39 bits per heavy atom. The van der Waals surface area contributed by atoms with Crippen LogP contribution < -0.4 is 0 Å². The average Bonchev–Trinajstić information content (AvgIpc) is 2.46. The van der Waals surface area contributed by atoms with Crippen molar-refractivity contribution in [3.8, 4) is 0 Å². The van der Waals surface area contributed by atoms with Gasteiger partial charge in [0.15, 0.2) is 0 Å². The van der Waals surface area contributed by atoms with E-state index in [9.17, 15) is 4.79 Å². The summed E-state index contributed by atoms with van der Waals surface area (Å²) in [6, 6.07) is 10.1. The second kappa shape index (κ2) is 7.19. The fourth-order valence-corrected chi connectivity index (χ4v) is 3.52. The van der Waals surface area contributed by atoms with E-state index in [2.05, 4.69) is 28.1 Å². The molecule has 1 fully saturated rings. The molecular weight excluding hydrogens is 310 g/mol. The molecule has 1 atom stereocenters. The fraction of sp³-hybridized carbons (Fsp3) is 0.500. The molecule has 0 N–H and O–H groups in total. The number of thioether (sulfide) groups is 1. The highest BCUT2D eigenvalue weighted by Crippen LogP contribution is 2.21. The van der Waals surface area contributed by atoms with Gasteiger partial charge in [0.05, 0.1) is 5.75 Å². The largest absolute Gasteiger partial charge is 0.342 e. The molecule has 18 heavy (non-hydrogen) atoms. The Hall–Kier alpha value is -0.480. The van der Waals surface area contributed by atoms with E-state index in [4.69, 9.17) is 0 Å². The predicted molar refractivity (Wildman–Crippen MR) is 80.3 cm³/mol. The number of benzene rings is 1. The number of likely N-dealkylation sites (tertiary alicyclic amines) is 1. The molecule has 1 amide bonds. The van der Waals surface area contributed by atoms with Gasteiger partial charge in [-0.1, -0.05) is 34.1 Å². The lowest BCUT2D eigenvalue weighted by Gasteiger charge is -2.31. The van der Waals surface area contributed by atoms with Crippen molar-refractivity contribution in [2.45, 2.75) is 17.7 Å². The van der Waals surface area contributed by atoms with Crippen LogP contribution in [0.2, 0.25) is 0 Å². The molecule has 2 nitrogen and oxygen atoms in total. The summed E-state index contributed by atoms with van der Waals surface area (Å²) in [6.45, 7) is 1.84. The highest BCUT2D eigenvalue weighted by molar-refractivity contribution is 9.09. The Bertz CT molecular complexity index is 385. The van der Waals surface area contributed by atoms with E-state index in [0.29, 0.717) is 11.7 Å². The maximum Gasteiger partial charge on any atom is 0.232 e. The first-order valence-electron chi connectivity index (χ1n) is 6.31. The number of hydrogen-bond acceptors (Lipinski definition) is 2. The zero-order valence-corrected chi connectivity index (χ0v) is 12.8. The first kappa shape index (κ1) is 13.9. The lowest BCUT2D eigenvalue weighted by molar-refractivity contribution is -0.129. The topological polar surface area (TPSA) is 20.3 Å². The lowest BCUT2D eigenvalue weighted by atomic mass is 10.0. The first-order chi connectivity index (χ1) is 8.79. The van der Waals surface area contributed by atoms with Gasteiger partial charge in [-0.2, -0.15) is 0 Å². The van der Waals surface area contributed by atoms with Gasteiger partial charge in [0.2, 0.25) is 5.91 Å². The third-order valence-corrected chi connectivity index (χ3v) is 5.11. The summed E-state index contributed by atoms with van der Waals surface area (Å²) in [5, 5.41) is 1.00. The first-order valence-corrected chi connectivity index (χ1v) is 8.42. The van der Waals surface area contributed by atoms with E-state index in [1.165, 1.54) is 11.3 Å². The van der Waals surface area contributed by atoms with Gasteiger partial charge in [0.1, 0.15) is 0 Å². The minimum absolute atomic E-state index is 0.273. The summed E-state index contributed by atoms with van der Waals surface area (Å²) in [7, 11) is 0. The monoisotopic (exact) mass is 327 g/mol. The van der Waals surface area contributed by atoms with E-state index in [1.807, 2.05) is 23.1 Å². The normalized spacial score (nSPS) is 19.8. The molecule has 1 saturated heterocycles. The molecule has 4 heteroatoms. The molecule has 0 aromatic heterocycles. The summed E-state index contributed by atoms with van der Waals surface area (Å²) in [5.41, 5.74) is 0. The molecule has 1 aliphatic heterocycles. The number of carbonyl (C=O) groups is 1. The number of piperidine rings is 1. The molecule has 1 aromatic carbocycles. The van der Waals surface area contributed by atoms with Crippen molar-refractivity contribution in [3.63, 3.8) is 0 Å². The minimum Gasteiger partial charge on any atom is -0.342 e. The molecule has 0 aliphatic carbocycles. The molecule has 1 aromatic rings. The Kier molecular flexibility index (Phi) is 5.57. The van der Waals surface area contributed by atoms with Gasteiger partial charge in [-0.05, 0) is 30.9 Å². The van der Waals surface area contributed by atoms with E-state index in [-0.39, 0.29) is 5.91 Å². The van der Waals surface area contributed by atoms with E-state index in [0.717, 1.165) is 24.8 Å². The number of carbonyl (C=O) groups excluding carboxylic acids is 1. The van der Waals surface area contributed by atoms with E-state index >= 15 is 0 Å². The molecule has 0 bridgehead atoms. The highest BCUT2D eigenvalue weighted by atomic mass is 79.9. The summed E-state index contributed by atoms with van der Waals surface area (Å²) >= 11 is 5.15. The maximum absolute atomic E-state index is 12.1. The second-order valence-electron chi connectivity index (χ2n) is 4.60. The predicted octanol–water partition coefficient (Wildman–Crippen LogP) is 3.41. The van der Waals surface area contributed by atoms with Crippen LogP contribution in [0.5, 0.6) is 0 Å². The molecular formula is C14H18BrNOS. The quantitative estimate of drug-likeness (QED) is 0.624. The molecule has 0 radical (unpaired) electrons. The molecule has 98 valence electrons. The molecule has 1 unspecified atom stereocenters. The van der Waals surface area contributed by atoms with Crippen LogP contribution >= 0.6 is 27.7 Å². The molecule has 0 saturated carbocycles. The van der Waals surface area contributed by atoms with Crippen molar-refractivity contribution < 1.29 is 4.79 Å². The molecule has 2 rings (SSSR count). The summed E-state index contributed by atoms with van der Waals surface area (Å²) in [4.78, 5) is 15.3. The van der Waals surface area contributed by atoms with Crippen molar-refractivity contribution in [3.05, 3.63) is 30.3 Å². The Morgan fingerprint density at radius 3 is 2.89 bits per heavy atom. The van der Waals surface area contributed by atoms with Crippen LogP contribution in [-0.2, 0) is 4.79 Å². The van der Waals surface area contributed by atoms with Crippen LogP contribution in [-0.4, -0.2) is 35.0 Å². The summed E-state index contributed by atoms with van der Waals surface area (Å²) in [5.74, 6) is 1.46. The zero-order chi connectivity index (χ0) is 12.8. The molecule has 1 aliphatic rings. The SMILES string of the molecule is O=C(CSc1ccccc1)N1CCCC(CBr)C1. The maximum atomic E-state index is 12.1. The zero-order valence-electron chi connectivity index (χ0n) is 10.3. The van der Waals surface area contributed by atoms with Crippen LogP contribution in [0.1, 0.15) is 12.8 Å². The van der Waals surface area contributed by atoms with Crippen molar-refractivity contribution >= 4 is 33.6 Å². The number of halogens is 1. The van der Waals surface area contributed by atoms with Gasteiger partial charge in [-0.25, -0.2) is 0 Å². The Morgan fingerprint density at radius 2 is 2.17 bits per heavy atom. The average molecular weight is 328 g/mol. The number of hydrogen-bond donors (Lipinski definition) is 0. The van der Waals surface area contributed by atoms with Crippen molar-refractivity contribution in [1.82, 2.24) is 4.90 Å². The van der Waals surface area contributed by atoms with Crippen LogP contribution in [0.25, 0.3) is 0 Å². The summed E-state index contributed by atoms with van der Waals surface area (Å²) in [6.07, 6.45) is 2.37. The number of nitrogens with zero attached hydrogens (tertiary/aromatic N) is 1. The van der Waals surface area contributed by atoms with Gasteiger partial charge in [0.25, 0.3) is 0 Å². The van der Waals surface area contributed by atoms with Crippen LogP contribution in [0.4, 0.5) is 0 Å². The number of amides is 1. The molecule has 1 heterocycles. The minimum atomic E-state index is 0.273. The van der Waals surface area contributed by atoms with Crippen LogP contribution in [0.3, 0.4) is 0 Å². The van der Waals surface area contributed by atoms with Gasteiger partial charge < -0.3 is 4.90 Å². The fourth-order valence-electron chi connectivity index (χ4n) is 2.17. The third kappa shape index (κ3) is 4.02. The number of rotatable bonds is 4. The van der Waals surface area contributed by atoms with Gasteiger partial charge >= 0.3 is 0 Å². The van der Waals surface area contributed by atoms with Gasteiger partial charge in [-0.3, -0.25) is 4.79 Å². The van der Waals surface area contributed by atoms with Crippen molar-refractivity contribution in [1.29, 1.82) is 0 Å². The van der Waals surface area contributed by atoms with Gasteiger partial charge in [-0.15, -0.1) is 11.8 Å².